The van der Waals surface area contributed by atoms with Crippen molar-refractivity contribution < 1.29 is 14.6 Å². The van der Waals surface area contributed by atoms with E-state index in [0.717, 1.165) is 39.8 Å². The lowest BCUT2D eigenvalue weighted by atomic mass is 10.2. The maximum Gasteiger partial charge on any atom is 0.328 e. The molecule has 0 radical (unpaired) electrons. The molecule has 0 amide bonds. The summed E-state index contributed by atoms with van der Waals surface area (Å²) in [6, 6.07) is 7.94. The van der Waals surface area contributed by atoms with Crippen molar-refractivity contribution in [2.45, 2.75) is 13.8 Å². The van der Waals surface area contributed by atoms with E-state index in [1.54, 1.807) is 10.8 Å². The molecule has 0 aliphatic carbocycles. The van der Waals surface area contributed by atoms with Crippen LogP contribution in [0, 0.1) is 6.92 Å². The third-order valence-corrected chi connectivity index (χ3v) is 3.83. The molecule has 0 saturated carbocycles. The number of benzene rings is 1. The van der Waals surface area contributed by atoms with Crippen LogP contribution >= 0.6 is 0 Å². The lowest BCUT2D eigenvalue weighted by molar-refractivity contribution is -0.131. The lowest BCUT2D eigenvalue weighted by Crippen LogP contribution is -2.03. The fourth-order valence-corrected chi connectivity index (χ4v) is 2.85. The molecular formula is C18H19N3O3. The average Bonchev–Trinajstić information content (AvgIpc) is 3.05. The Hall–Kier alpha value is -3.02. The van der Waals surface area contributed by atoms with E-state index in [1.165, 1.54) is 0 Å². The Labute approximate surface area is 139 Å². The molecule has 3 rings (SSSR count). The number of hydrogen-bond donors (Lipinski definition) is 1. The number of nitrogens with zero attached hydrogens (tertiary/aromatic N) is 3. The molecule has 1 N–H and O–H groups in total. The van der Waals surface area contributed by atoms with Gasteiger partial charge in [-0.3, -0.25) is 4.68 Å². The number of ether oxygens (including phenoxy) is 1. The topological polar surface area (TPSA) is 69.3 Å². The van der Waals surface area contributed by atoms with E-state index in [0.29, 0.717) is 6.61 Å². The quantitative estimate of drug-likeness (QED) is 0.732. The average molecular weight is 325 g/mol. The molecule has 3 aromatic rings. The van der Waals surface area contributed by atoms with Crippen LogP contribution in [0.3, 0.4) is 0 Å². The van der Waals surface area contributed by atoms with Crippen LogP contribution < -0.4 is 4.74 Å². The maximum absolute atomic E-state index is 10.9. The van der Waals surface area contributed by atoms with Crippen molar-refractivity contribution in [2.24, 2.45) is 7.05 Å². The molecule has 0 atom stereocenters. The minimum absolute atomic E-state index is 0.601. The summed E-state index contributed by atoms with van der Waals surface area (Å²) >= 11 is 0. The van der Waals surface area contributed by atoms with Crippen molar-refractivity contribution in [3.05, 3.63) is 47.8 Å². The number of aryl methyl sites for hydroxylation is 2. The van der Waals surface area contributed by atoms with Gasteiger partial charge >= 0.3 is 5.97 Å². The molecule has 0 fully saturated rings. The molecule has 1 aromatic carbocycles. The van der Waals surface area contributed by atoms with Crippen LogP contribution in [-0.4, -0.2) is 32.0 Å². The minimum atomic E-state index is -0.986. The number of rotatable bonds is 5. The highest BCUT2D eigenvalue weighted by molar-refractivity contribution is 5.87. The number of carboxylic acids is 1. The molecule has 2 aromatic heterocycles. The Morgan fingerprint density at radius 1 is 1.38 bits per heavy atom. The van der Waals surface area contributed by atoms with Gasteiger partial charge in [0.1, 0.15) is 11.6 Å². The number of carboxylic acid groups (broad SMARTS) is 1. The first-order valence-electron chi connectivity index (χ1n) is 7.70. The maximum atomic E-state index is 10.9. The summed E-state index contributed by atoms with van der Waals surface area (Å²) in [6.45, 7) is 4.41. The van der Waals surface area contributed by atoms with Gasteiger partial charge in [0.05, 0.1) is 17.8 Å². The molecule has 24 heavy (non-hydrogen) atoms. The Kier molecular flexibility index (Phi) is 4.12. The van der Waals surface area contributed by atoms with E-state index < -0.39 is 5.97 Å². The number of carbonyl (C=O) groups is 1. The molecule has 2 heterocycles. The van der Waals surface area contributed by atoms with E-state index in [9.17, 15) is 4.79 Å². The van der Waals surface area contributed by atoms with Gasteiger partial charge in [0.15, 0.2) is 0 Å². The minimum Gasteiger partial charge on any atom is -0.494 e. The van der Waals surface area contributed by atoms with Crippen LogP contribution in [0.4, 0.5) is 0 Å². The molecule has 124 valence electrons. The predicted molar refractivity (Wildman–Crippen MR) is 92.6 cm³/mol. The van der Waals surface area contributed by atoms with Crippen molar-refractivity contribution >= 4 is 22.9 Å². The fraction of sp³-hybridized carbons (Fsp3) is 0.222. The van der Waals surface area contributed by atoms with E-state index in [-0.39, 0.29) is 0 Å². The summed E-state index contributed by atoms with van der Waals surface area (Å²) in [5.74, 6) is 0.625. The molecule has 0 saturated heterocycles. The molecule has 0 unspecified atom stereocenters. The molecule has 6 heteroatoms. The third kappa shape index (κ3) is 2.78. The summed E-state index contributed by atoms with van der Waals surface area (Å²) in [6.07, 6.45) is 4.66. The van der Waals surface area contributed by atoms with E-state index in [1.807, 2.05) is 55.9 Å². The second-order valence-electron chi connectivity index (χ2n) is 5.46. The normalized spacial score (nSPS) is 11.5. The fourth-order valence-electron chi connectivity index (χ4n) is 2.85. The van der Waals surface area contributed by atoms with E-state index in [4.69, 9.17) is 9.84 Å². The molecule has 0 bridgehead atoms. The highest BCUT2D eigenvalue weighted by Crippen LogP contribution is 2.28. The Morgan fingerprint density at radius 2 is 2.17 bits per heavy atom. The second kappa shape index (κ2) is 6.23. The summed E-state index contributed by atoms with van der Waals surface area (Å²) < 4.78 is 9.34. The smallest absolute Gasteiger partial charge is 0.328 e. The first-order valence-corrected chi connectivity index (χ1v) is 7.70. The molecule has 0 aliphatic heterocycles. The van der Waals surface area contributed by atoms with Gasteiger partial charge in [-0.1, -0.05) is 0 Å². The standard InChI is InChI=1S/C18H19N3O3/c1-4-24-14-6-5-13-9-10-21(16(13)11-14)18-15(7-8-17(22)23)12(2)19-20(18)3/h5-11H,4H2,1-3H3,(H,22,23). The third-order valence-electron chi connectivity index (χ3n) is 3.83. The van der Waals surface area contributed by atoms with Gasteiger partial charge in [-0.15, -0.1) is 0 Å². The SMILES string of the molecule is CCOc1ccc2ccn(-c3c(C=CC(=O)O)c(C)nn3C)c2c1. The van der Waals surface area contributed by atoms with Gasteiger partial charge in [-0.25, -0.2) is 4.79 Å². The Morgan fingerprint density at radius 3 is 2.88 bits per heavy atom. The van der Waals surface area contributed by atoms with Crippen molar-refractivity contribution in [3.63, 3.8) is 0 Å². The zero-order chi connectivity index (χ0) is 17.3. The van der Waals surface area contributed by atoms with Crippen molar-refractivity contribution in [3.8, 4) is 11.6 Å². The van der Waals surface area contributed by atoms with Crippen LogP contribution in [0.2, 0.25) is 0 Å². The van der Waals surface area contributed by atoms with Crippen LogP contribution in [0.1, 0.15) is 18.2 Å². The van der Waals surface area contributed by atoms with E-state index >= 15 is 0 Å². The number of aliphatic carboxylic acids is 1. The second-order valence-corrected chi connectivity index (χ2v) is 5.46. The zero-order valence-corrected chi connectivity index (χ0v) is 13.9. The van der Waals surface area contributed by atoms with Gasteiger partial charge < -0.3 is 14.4 Å². The number of hydrogen-bond acceptors (Lipinski definition) is 3. The van der Waals surface area contributed by atoms with E-state index in [2.05, 4.69) is 5.10 Å². The van der Waals surface area contributed by atoms with Crippen molar-refractivity contribution in [2.75, 3.05) is 6.61 Å². The highest BCUT2D eigenvalue weighted by atomic mass is 16.5. The molecule has 0 aliphatic rings. The number of fused-ring (bicyclic) bond motifs is 1. The van der Waals surface area contributed by atoms with Crippen molar-refractivity contribution in [1.82, 2.24) is 14.3 Å². The van der Waals surface area contributed by atoms with Crippen molar-refractivity contribution in [1.29, 1.82) is 0 Å². The predicted octanol–water partition coefficient (Wildman–Crippen LogP) is 3.17. The summed E-state index contributed by atoms with van der Waals surface area (Å²) in [5.41, 5.74) is 2.53. The first-order chi connectivity index (χ1) is 11.5. The van der Waals surface area contributed by atoms with Gasteiger partial charge in [-0.05, 0) is 38.1 Å². The Bertz CT molecular complexity index is 935. The monoisotopic (exact) mass is 325 g/mol. The van der Waals surface area contributed by atoms with Gasteiger partial charge in [0.25, 0.3) is 0 Å². The highest BCUT2D eigenvalue weighted by Gasteiger charge is 2.15. The first kappa shape index (κ1) is 15.9. The largest absolute Gasteiger partial charge is 0.494 e. The zero-order valence-electron chi connectivity index (χ0n) is 13.9. The van der Waals surface area contributed by atoms with Crippen LogP contribution in [0.25, 0.3) is 22.8 Å². The summed E-state index contributed by atoms with van der Waals surface area (Å²) in [7, 11) is 1.85. The van der Waals surface area contributed by atoms with Gasteiger partial charge in [0.2, 0.25) is 0 Å². The Balaban J connectivity index is 2.20. The summed E-state index contributed by atoms with van der Waals surface area (Å²) in [4.78, 5) is 10.9. The number of aromatic nitrogens is 3. The van der Waals surface area contributed by atoms with Gasteiger partial charge in [-0.2, -0.15) is 5.10 Å². The molecular weight excluding hydrogens is 306 g/mol. The van der Waals surface area contributed by atoms with Gasteiger partial charge in [0, 0.05) is 36.3 Å². The summed E-state index contributed by atoms with van der Waals surface area (Å²) in [5, 5.41) is 14.4. The van der Waals surface area contributed by atoms with Crippen LogP contribution in [0.15, 0.2) is 36.5 Å². The molecule has 0 spiro atoms. The molecule has 6 nitrogen and oxygen atoms in total. The van der Waals surface area contributed by atoms with Crippen LogP contribution in [-0.2, 0) is 11.8 Å². The lowest BCUT2D eigenvalue weighted by Gasteiger charge is -2.09. The van der Waals surface area contributed by atoms with Crippen LogP contribution in [0.5, 0.6) is 5.75 Å².